The summed E-state index contributed by atoms with van der Waals surface area (Å²) < 4.78 is 0. The summed E-state index contributed by atoms with van der Waals surface area (Å²) in [5, 5.41) is 17.7. The number of carbonyl (C=O) groups is 2. The lowest BCUT2D eigenvalue weighted by atomic mass is 9.98. The normalized spacial score (nSPS) is 18.8. The smallest absolute Gasteiger partial charge is 0.233 e. The molecule has 1 aliphatic heterocycles. The van der Waals surface area contributed by atoms with Crippen molar-refractivity contribution in [1.82, 2.24) is 4.90 Å². The third-order valence-corrected chi connectivity index (χ3v) is 3.85. The van der Waals surface area contributed by atoms with Crippen LogP contribution in [0.1, 0.15) is 24.8 Å². The molecule has 1 fully saturated rings. The largest absolute Gasteiger partial charge is 0.281 e. The Kier molecular flexibility index (Phi) is 5.27. The van der Waals surface area contributed by atoms with E-state index in [4.69, 9.17) is 10.5 Å². The van der Waals surface area contributed by atoms with Gasteiger partial charge >= 0.3 is 0 Å². The first-order valence-electron chi connectivity index (χ1n) is 7.30. The number of nitrogens with zero attached hydrogens (tertiary/aromatic N) is 3. The molecule has 2 rings (SSSR count). The topological polar surface area (TPSA) is 85.0 Å². The van der Waals surface area contributed by atoms with Crippen LogP contribution in [-0.4, -0.2) is 23.3 Å². The van der Waals surface area contributed by atoms with Crippen LogP contribution in [-0.2, 0) is 16.0 Å². The Hall–Kier alpha value is -2.66. The van der Waals surface area contributed by atoms with Crippen molar-refractivity contribution in [2.75, 3.05) is 6.54 Å². The summed E-state index contributed by atoms with van der Waals surface area (Å²) in [6.45, 7) is 0.0983. The molecule has 1 aromatic carbocycles. The number of carbonyl (C=O) groups excluding carboxylic acids is 2. The lowest BCUT2D eigenvalue weighted by molar-refractivity contribution is -0.139. The highest BCUT2D eigenvalue weighted by molar-refractivity contribution is 6.03. The van der Waals surface area contributed by atoms with Crippen LogP contribution in [0.4, 0.5) is 0 Å². The number of amides is 2. The summed E-state index contributed by atoms with van der Waals surface area (Å²) in [6.07, 6.45) is 1.37. The second-order valence-corrected chi connectivity index (χ2v) is 5.46. The van der Waals surface area contributed by atoms with Gasteiger partial charge in [-0.3, -0.25) is 14.5 Å². The predicted octanol–water partition coefficient (Wildman–Crippen LogP) is 2.05. The highest BCUT2D eigenvalue weighted by Gasteiger charge is 2.39. The lowest BCUT2D eigenvalue weighted by Crippen LogP contribution is -2.35. The summed E-state index contributed by atoms with van der Waals surface area (Å²) >= 11 is 0. The van der Waals surface area contributed by atoms with E-state index in [0.717, 1.165) is 5.56 Å². The monoisotopic (exact) mass is 295 g/mol. The van der Waals surface area contributed by atoms with Crippen LogP contribution in [0.3, 0.4) is 0 Å². The Morgan fingerprint density at radius 1 is 1.23 bits per heavy atom. The molecule has 112 valence electrons. The molecule has 0 radical (unpaired) electrons. The minimum absolute atomic E-state index is 0.0983. The molecule has 2 unspecified atom stereocenters. The van der Waals surface area contributed by atoms with E-state index in [1.54, 1.807) is 0 Å². The van der Waals surface area contributed by atoms with Gasteiger partial charge in [0.2, 0.25) is 11.8 Å². The van der Waals surface area contributed by atoms with Gasteiger partial charge in [0.1, 0.15) is 0 Å². The van der Waals surface area contributed by atoms with Gasteiger partial charge in [-0.25, -0.2) is 0 Å². The molecular weight excluding hydrogens is 278 g/mol. The predicted molar refractivity (Wildman–Crippen MR) is 78.9 cm³/mol. The van der Waals surface area contributed by atoms with Crippen LogP contribution in [0.15, 0.2) is 30.3 Å². The molecule has 0 bridgehead atoms. The molecule has 1 heterocycles. The second-order valence-electron chi connectivity index (χ2n) is 5.46. The fraction of sp³-hybridized carbons (Fsp3) is 0.412. The number of hydrogen-bond donors (Lipinski definition) is 0. The molecule has 2 atom stereocenters. The van der Waals surface area contributed by atoms with Gasteiger partial charge < -0.3 is 0 Å². The quantitative estimate of drug-likeness (QED) is 0.752. The van der Waals surface area contributed by atoms with E-state index in [1.807, 2.05) is 36.4 Å². The zero-order valence-electron chi connectivity index (χ0n) is 12.2. The van der Waals surface area contributed by atoms with E-state index in [0.29, 0.717) is 12.8 Å². The van der Waals surface area contributed by atoms with Crippen LogP contribution in [0.2, 0.25) is 0 Å². The third-order valence-electron chi connectivity index (χ3n) is 3.85. The molecule has 0 aromatic heterocycles. The first kappa shape index (κ1) is 15.7. The number of nitriles is 2. The molecule has 22 heavy (non-hydrogen) atoms. The van der Waals surface area contributed by atoms with Crippen LogP contribution in [0, 0.1) is 34.5 Å². The van der Waals surface area contributed by atoms with Gasteiger partial charge in [-0.2, -0.15) is 10.5 Å². The van der Waals surface area contributed by atoms with Crippen molar-refractivity contribution >= 4 is 11.8 Å². The van der Waals surface area contributed by atoms with Crippen LogP contribution < -0.4 is 0 Å². The standard InChI is InChI=1S/C17H17N3O2/c18-8-4-7-14(11-19)12-20-16(21)10-15(17(20)22)9-13-5-2-1-3-6-13/h1-3,5-6,14-15H,4,7,9-10,12H2. The van der Waals surface area contributed by atoms with Crippen molar-refractivity contribution in [1.29, 1.82) is 10.5 Å². The van der Waals surface area contributed by atoms with E-state index in [1.165, 1.54) is 4.90 Å². The summed E-state index contributed by atoms with van der Waals surface area (Å²) in [4.78, 5) is 25.6. The molecule has 1 aliphatic rings. The first-order chi connectivity index (χ1) is 10.7. The number of benzene rings is 1. The molecule has 0 N–H and O–H groups in total. The Balaban J connectivity index is 2.00. The Morgan fingerprint density at radius 3 is 2.59 bits per heavy atom. The highest BCUT2D eigenvalue weighted by atomic mass is 16.2. The number of rotatable bonds is 6. The van der Waals surface area contributed by atoms with Crippen LogP contribution >= 0.6 is 0 Å². The van der Waals surface area contributed by atoms with E-state index < -0.39 is 5.92 Å². The maximum atomic E-state index is 12.4. The molecule has 0 aliphatic carbocycles. The van der Waals surface area contributed by atoms with Crippen LogP contribution in [0.25, 0.3) is 0 Å². The third kappa shape index (κ3) is 3.71. The van der Waals surface area contributed by atoms with E-state index in [-0.39, 0.29) is 37.1 Å². The summed E-state index contributed by atoms with van der Waals surface area (Å²) in [5.74, 6) is -1.23. The average molecular weight is 295 g/mol. The molecule has 0 saturated carbocycles. The molecular formula is C17H17N3O2. The van der Waals surface area contributed by atoms with Crippen molar-refractivity contribution in [2.24, 2.45) is 11.8 Å². The summed E-state index contributed by atoms with van der Waals surface area (Å²) in [5.41, 5.74) is 1.02. The average Bonchev–Trinajstić information content (AvgIpc) is 2.79. The van der Waals surface area contributed by atoms with E-state index in [2.05, 4.69) is 6.07 Å². The fourth-order valence-electron chi connectivity index (χ4n) is 2.66. The Bertz CT molecular complexity index is 628. The van der Waals surface area contributed by atoms with Gasteiger partial charge in [-0.1, -0.05) is 30.3 Å². The Morgan fingerprint density at radius 2 is 1.95 bits per heavy atom. The number of hydrogen-bond acceptors (Lipinski definition) is 4. The minimum Gasteiger partial charge on any atom is -0.281 e. The van der Waals surface area contributed by atoms with Gasteiger partial charge in [0.25, 0.3) is 0 Å². The Labute approximate surface area is 129 Å². The highest BCUT2D eigenvalue weighted by Crippen LogP contribution is 2.25. The van der Waals surface area contributed by atoms with Gasteiger partial charge in [-0.05, 0) is 18.4 Å². The van der Waals surface area contributed by atoms with Crippen molar-refractivity contribution < 1.29 is 9.59 Å². The molecule has 0 spiro atoms. The van der Waals surface area contributed by atoms with Crippen molar-refractivity contribution in [3.8, 4) is 12.1 Å². The number of likely N-dealkylation sites (tertiary alicyclic amines) is 1. The molecule has 1 saturated heterocycles. The van der Waals surface area contributed by atoms with Crippen molar-refractivity contribution in [3.63, 3.8) is 0 Å². The SMILES string of the molecule is N#CCCC(C#N)CN1C(=O)CC(Cc2ccccc2)C1=O. The minimum atomic E-state index is -0.469. The van der Waals surface area contributed by atoms with Gasteiger partial charge in [-0.15, -0.1) is 0 Å². The zero-order valence-corrected chi connectivity index (χ0v) is 12.2. The maximum Gasteiger partial charge on any atom is 0.233 e. The maximum absolute atomic E-state index is 12.4. The summed E-state index contributed by atoms with van der Waals surface area (Å²) in [7, 11) is 0. The molecule has 2 amide bonds. The van der Waals surface area contributed by atoms with Crippen LogP contribution in [0.5, 0.6) is 0 Å². The van der Waals surface area contributed by atoms with Crippen molar-refractivity contribution in [3.05, 3.63) is 35.9 Å². The summed E-state index contributed by atoms with van der Waals surface area (Å²) in [6, 6.07) is 13.6. The van der Waals surface area contributed by atoms with E-state index in [9.17, 15) is 9.59 Å². The lowest BCUT2D eigenvalue weighted by Gasteiger charge is -2.17. The molecule has 5 heteroatoms. The molecule has 5 nitrogen and oxygen atoms in total. The fourth-order valence-corrected chi connectivity index (χ4v) is 2.66. The number of imide groups is 1. The zero-order chi connectivity index (χ0) is 15.9. The molecule has 1 aromatic rings. The van der Waals surface area contributed by atoms with Gasteiger partial charge in [0.05, 0.1) is 24.0 Å². The van der Waals surface area contributed by atoms with E-state index >= 15 is 0 Å². The first-order valence-corrected chi connectivity index (χ1v) is 7.30. The van der Waals surface area contributed by atoms with Gasteiger partial charge in [0.15, 0.2) is 0 Å². The van der Waals surface area contributed by atoms with Crippen molar-refractivity contribution in [2.45, 2.75) is 25.7 Å². The van der Waals surface area contributed by atoms with Gasteiger partial charge in [0, 0.05) is 19.4 Å². The second kappa shape index (κ2) is 7.38.